The first kappa shape index (κ1) is 13.3. The molecule has 0 radical (unpaired) electrons. The van der Waals surface area contributed by atoms with Crippen LogP contribution in [0, 0.1) is 28.1 Å². The average Bonchev–Trinajstić information content (AvgIpc) is 2.47. The predicted octanol–water partition coefficient (Wildman–Crippen LogP) is 2.28. The number of benzene rings is 1. The van der Waals surface area contributed by atoms with Crippen LogP contribution < -0.4 is 0 Å². The summed E-state index contributed by atoms with van der Waals surface area (Å²) in [4.78, 5) is 0. The molecule has 1 aliphatic rings. The number of hydrogen-bond donors (Lipinski definition) is 0. The molecule has 1 aromatic rings. The Hall–Kier alpha value is -2.14. The number of fused-ring (bicyclic) bond motifs is 1. The van der Waals surface area contributed by atoms with Crippen LogP contribution in [0.4, 0.5) is 0 Å². The molecule has 4 nitrogen and oxygen atoms in total. The fourth-order valence-corrected chi connectivity index (χ4v) is 2.37. The molecule has 96 valence electrons. The van der Waals surface area contributed by atoms with Gasteiger partial charge in [-0.05, 0) is 17.2 Å². The van der Waals surface area contributed by atoms with E-state index in [4.69, 9.17) is 9.47 Å². The number of nitriles is 2. The molecule has 0 amide bonds. The third-order valence-corrected chi connectivity index (χ3v) is 3.38. The molecule has 0 aromatic heterocycles. The molecular formula is C15H14N2O2. The van der Waals surface area contributed by atoms with E-state index in [1.165, 1.54) is 14.2 Å². The van der Waals surface area contributed by atoms with E-state index in [9.17, 15) is 10.5 Å². The van der Waals surface area contributed by atoms with Crippen LogP contribution in [0.2, 0.25) is 0 Å². The zero-order chi connectivity index (χ0) is 13.9. The van der Waals surface area contributed by atoms with Crippen molar-refractivity contribution in [1.82, 2.24) is 0 Å². The predicted molar refractivity (Wildman–Crippen MR) is 69.6 cm³/mol. The molecule has 0 bridgehead atoms. The summed E-state index contributed by atoms with van der Waals surface area (Å²) >= 11 is 0. The Morgan fingerprint density at radius 3 is 2.37 bits per heavy atom. The molecule has 0 heterocycles. The van der Waals surface area contributed by atoms with E-state index >= 15 is 0 Å². The van der Waals surface area contributed by atoms with Crippen molar-refractivity contribution in [3.63, 3.8) is 0 Å². The van der Waals surface area contributed by atoms with E-state index in [1.54, 1.807) is 0 Å². The lowest BCUT2D eigenvalue weighted by Crippen LogP contribution is -2.34. The van der Waals surface area contributed by atoms with Gasteiger partial charge in [-0.25, -0.2) is 0 Å². The molecule has 0 spiro atoms. The highest BCUT2D eigenvalue weighted by molar-refractivity contribution is 5.65. The first-order valence-corrected chi connectivity index (χ1v) is 5.89. The van der Waals surface area contributed by atoms with Crippen molar-refractivity contribution in [2.75, 3.05) is 14.2 Å². The number of methoxy groups -OCH3 is 2. The third kappa shape index (κ3) is 2.13. The minimum absolute atomic E-state index is 0.352. The lowest BCUT2D eigenvalue weighted by molar-refractivity contribution is -0.0807. The Morgan fingerprint density at radius 2 is 1.79 bits per heavy atom. The van der Waals surface area contributed by atoms with Crippen LogP contribution in [0.5, 0.6) is 0 Å². The van der Waals surface area contributed by atoms with Gasteiger partial charge in [0.1, 0.15) is 0 Å². The summed E-state index contributed by atoms with van der Waals surface area (Å²) in [6, 6.07) is 11.9. The Bertz CT molecular complexity index is 575. The van der Waals surface area contributed by atoms with Crippen LogP contribution in [0.3, 0.4) is 0 Å². The first-order chi connectivity index (χ1) is 9.20. The highest BCUT2D eigenvalue weighted by Gasteiger charge is 2.42. The van der Waals surface area contributed by atoms with Gasteiger partial charge >= 0.3 is 0 Å². The van der Waals surface area contributed by atoms with Gasteiger partial charge in [-0.1, -0.05) is 24.3 Å². The zero-order valence-corrected chi connectivity index (χ0v) is 10.9. The Morgan fingerprint density at radius 1 is 1.16 bits per heavy atom. The van der Waals surface area contributed by atoms with Crippen molar-refractivity contribution in [3.05, 3.63) is 41.0 Å². The van der Waals surface area contributed by atoms with Crippen LogP contribution in [0.25, 0.3) is 6.08 Å². The van der Waals surface area contributed by atoms with Gasteiger partial charge in [0.15, 0.2) is 11.7 Å². The SMILES string of the molecule is COC(OC)C1=Cc2ccccc2CC1(C#N)C#N. The highest BCUT2D eigenvalue weighted by Crippen LogP contribution is 2.40. The summed E-state index contributed by atoms with van der Waals surface area (Å²) in [6.07, 6.45) is 1.49. The van der Waals surface area contributed by atoms with Crippen molar-refractivity contribution >= 4 is 6.08 Å². The second kappa shape index (κ2) is 5.24. The van der Waals surface area contributed by atoms with Crippen molar-refractivity contribution < 1.29 is 9.47 Å². The fourth-order valence-electron chi connectivity index (χ4n) is 2.37. The quantitative estimate of drug-likeness (QED) is 0.776. The van der Waals surface area contributed by atoms with Crippen molar-refractivity contribution in [2.45, 2.75) is 12.7 Å². The van der Waals surface area contributed by atoms with Gasteiger partial charge in [0.25, 0.3) is 0 Å². The lowest BCUT2D eigenvalue weighted by atomic mass is 9.72. The van der Waals surface area contributed by atoms with Crippen molar-refractivity contribution in [2.24, 2.45) is 5.41 Å². The molecule has 19 heavy (non-hydrogen) atoms. The van der Waals surface area contributed by atoms with E-state index < -0.39 is 11.7 Å². The summed E-state index contributed by atoms with van der Waals surface area (Å²) < 4.78 is 10.4. The van der Waals surface area contributed by atoms with Crippen LogP contribution in [-0.4, -0.2) is 20.5 Å². The van der Waals surface area contributed by atoms with Gasteiger partial charge in [0, 0.05) is 26.2 Å². The third-order valence-electron chi connectivity index (χ3n) is 3.38. The van der Waals surface area contributed by atoms with Crippen LogP contribution in [0.1, 0.15) is 11.1 Å². The second-order valence-corrected chi connectivity index (χ2v) is 4.41. The second-order valence-electron chi connectivity index (χ2n) is 4.41. The van der Waals surface area contributed by atoms with Gasteiger partial charge < -0.3 is 9.47 Å². The minimum atomic E-state index is -1.23. The summed E-state index contributed by atoms with van der Waals surface area (Å²) in [5.74, 6) is 0. The topological polar surface area (TPSA) is 66.0 Å². The normalized spacial score (nSPS) is 16.2. The van der Waals surface area contributed by atoms with Crippen molar-refractivity contribution in [1.29, 1.82) is 10.5 Å². The van der Waals surface area contributed by atoms with Crippen LogP contribution in [0.15, 0.2) is 29.8 Å². The molecule has 4 heteroatoms. The highest BCUT2D eigenvalue weighted by atomic mass is 16.7. The molecule has 0 atom stereocenters. The Labute approximate surface area is 112 Å². The molecule has 1 aliphatic carbocycles. The van der Waals surface area contributed by atoms with Gasteiger partial charge in [0.2, 0.25) is 0 Å². The zero-order valence-electron chi connectivity index (χ0n) is 10.9. The molecule has 0 aliphatic heterocycles. The average molecular weight is 254 g/mol. The summed E-state index contributed by atoms with van der Waals surface area (Å²) in [5, 5.41) is 18.9. The van der Waals surface area contributed by atoms with E-state index in [0.717, 1.165) is 11.1 Å². The van der Waals surface area contributed by atoms with Crippen molar-refractivity contribution in [3.8, 4) is 12.1 Å². The molecule has 0 saturated heterocycles. The molecule has 1 aromatic carbocycles. The lowest BCUT2D eigenvalue weighted by Gasteiger charge is -2.31. The number of rotatable bonds is 3. The van der Waals surface area contributed by atoms with Gasteiger partial charge in [-0.15, -0.1) is 0 Å². The van der Waals surface area contributed by atoms with Gasteiger partial charge in [-0.3, -0.25) is 0 Å². The molecule has 0 N–H and O–H groups in total. The maximum atomic E-state index is 9.45. The van der Waals surface area contributed by atoms with E-state index in [2.05, 4.69) is 12.1 Å². The van der Waals surface area contributed by atoms with E-state index in [-0.39, 0.29) is 0 Å². The van der Waals surface area contributed by atoms with E-state index in [1.807, 2.05) is 30.3 Å². The monoisotopic (exact) mass is 254 g/mol. The van der Waals surface area contributed by atoms with E-state index in [0.29, 0.717) is 12.0 Å². The molecular weight excluding hydrogens is 240 g/mol. The summed E-state index contributed by atoms with van der Waals surface area (Å²) in [6.45, 7) is 0. The largest absolute Gasteiger partial charge is 0.352 e. The van der Waals surface area contributed by atoms with Crippen LogP contribution >= 0.6 is 0 Å². The molecule has 2 rings (SSSR count). The maximum absolute atomic E-state index is 9.45. The Kier molecular flexibility index (Phi) is 3.66. The van der Waals surface area contributed by atoms with Gasteiger partial charge in [0.05, 0.1) is 12.1 Å². The standard InChI is InChI=1S/C15H14N2O2/c1-18-14(19-2)13-7-11-5-3-4-6-12(11)8-15(13,9-16)10-17/h3-7,14H,8H2,1-2H3. The fraction of sp³-hybridized carbons (Fsp3) is 0.333. The molecule has 0 unspecified atom stereocenters. The molecule has 0 saturated carbocycles. The van der Waals surface area contributed by atoms with Crippen LogP contribution in [-0.2, 0) is 15.9 Å². The Balaban J connectivity index is 2.61. The van der Waals surface area contributed by atoms with Gasteiger partial charge in [-0.2, -0.15) is 10.5 Å². The number of nitrogens with zero attached hydrogens (tertiary/aromatic N) is 2. The first-order valence-electron chi connectivity index (χ1n) is 5.89. The summed E-state index contributed by atoms with van der Waals surface area (Å²) in [7, 11) is 2.99. The smallest absolute Gasteiger partial charge is 0.181 e. The summed E-state index contributed by atoms with van der Waals surface area (Å²) in [5.41, 5.74) is 1.31. The maximum Gasteiger partial charge on any atom is 0.181 e. The number of hydrogen-bond acceptors (Lipinski definition) is 4. The molecule has 0 fully saturated rings. The number of ether oxygens (including phenoxy) is 2. The minimum Gasteiger partial charge on any atom is -0.352 e.